The van der Waals surface area contributed by atoms with Crippen LogP contribution in [0.2, 0.25) is 0 Å². The van der Waals surface area contributed by atoms with E-state index in [4.69, 9.17) is 5.73 Å². The molecule has 2 fully saturated rings. The first kappa shape index (κ1) is 20.2. The number of carbonyl (C=O) groups excluding carboxylic acids is 1. The van der Waals surface area contributed by atoms with Crippen LogP contribution in [0.1, 0.15) is 31.2 Å². The fourth-order valence-corrected chi connectivity index (χ4v) is 3.62. The van der Waals surface area contributed by atoms with E-state index in [1.165, 1.54) is 19.4 Å². The van der Waals surface area contributed by atoms with Gasteiger partial charge in [-0.15, -0.1) is 24.8 Å². The molecule has 3 N–H and O–H groups in total. The summed E-state index contributed by atoms with van der Waals surface area (Å²) in [5.41, 5.74) is 7.17. The van der Waals surface area contributed by atoms with Gasteiger partial charge >= 0.3 is 0 Å². The van der Waals surface area contributed by atoms with E-state index >= 15 is 0 Å². The largest absolute Gasteiger partial charge is 0.352 e. The first-order valence-electron chi connectivity index (χ1n) is 8.06. The van der Waals surface area contributed by atoms with Gasteiger partial charge in [-0.1, -0.05) is 30.3 Å². The molecule has 3 rings (SSSR count). The number of hydrogen-bond acceptors (Lipinski definition) is 3. The molecular formula is C17H27Cl2N3O. The molecule has 2 aliphatic rings. The Labute approximate surface area is 151 Å². The van der Waals surface area contributed by atoms with E-state index in [1.807, 2.05) is 30.3 Å². The minimum Gasteiger partial charge on any atom is -0.352 e. The lowest BCUT2D eigenvalue weighted by molar-refractivity contribution is -0.123. The zero-order valence-electron chi connectivity index (χ0n) is 13.3. The van der Waals surface area contributed by atoms with Crippen molar-refractivity contribution >= 4 is 30.7 Å². The normalized spacial score (nSPS) is 24.7. The number of nitrogens with one attached hydrogen (secondary N) is 1. The van der Waals surface area contributed by atoms with Crippen molar-refractivity contribution in [3.05, 3.63) is 35.9 Å². The highest BCUT2D eigenvalue weighted by Gasteiger charge is 2.32. The molecule has 3 atom stereocenters. The zero-order chi connectivity index (χ0) is 14.7. The van der Waals surface area contributed by atoms with Crippen LogP contribution in [0.25, 0.3) is 0 Å². The summed E-state index contributed by atoms with van der Waals surface area (Å²) in [4.78, 5) is 14.8. The summed E-state index contributed by atoms with van der Waals surface area (Å²) in [7, 11) is 0. The number of piperidine rings is 1. The van der Waals surface area contributed by atoms with E-state index in [0.717, 1.165) is 24.9 Å². The van der Waals surface area contributed by atoms with Gasteiger partial charge < -0.3 is 16.0 Å². The van der Waals surface area contributed by atoms with Crippen molar-refractivity contribution < 1.29 is 4.79 Å². The number of hydrogen-bond donors (Lipinski definition) is 2. The minimum atomic E-state index is -0.450. The van der Waals surface area contributed by atoms with Crippen LogP contribution in [0.4, 0.5) is 0 Å². The van der Waals surface area contributed by atoms with Gasteiger partial charge in [0.2, 0.25) is 5.91 Å². The summed E-state index contributed by atoms with van der Waals surface area (Å²) >= 11 is 0. The maximum absolute atomic E-state index is 12.3. The number of amides is 1. The molecule has 2 aliphatic heterocycles. The predicted octanol–water partition coefficient (Wildman–Crippen LogP) is 2.14. The Morgan fingerprint density at radius 1 is 1.22 bits per heavy atom. The highest BCUT2D eigenvalue weighted by molar-refractivity contribution is 5.85. The average molecular weight is 360 g/mol. The van der Waals surface area contributed by atoms with Crippen LogP contribution in [0, 0.1) is 0 Å². The highest BCUT2D eigenvalue weighted by atomic mass is 35.5. The second-order valence-corrected chi connectivity index (χ2v) is 6.36. The number of benzene rings is 1. The number of fused-ring (bicyclic) bond motifs is 1. The van der Waals surface area contributed by atoms with E-state index in [-0.39, 0.29) is 30.7 Å². The van der Waals surface area contributed by atoms with Crippen LogP contribution in [-0.2, 0) is 11.2 Å². The van der Waals surface area contributed by atoms with Gasteiger partial charge in [0.1, 0.15) is 0 Å². The molecule has 2 heterocycles. The van der Waals surface area contributed by atoms with E-state index in [2.05, 4.69) is 10.2 Å². The Morgan fingerprint density at radius 2 is 1.96 bits per heavy atom. The lowest BCUT2D eigenvalue weighted by Gasteiger charge is -2.35. The second-order valence-electron chi connectivity index (χ2n) is 6.36. The predicted molar refractivity (Wildman–Crippen MR) is 98.4 cm³/mol. The average Bonchev–Trinajstić information content (AvgIpc) is 2.95. The quantitative estimate of drug-likeness (QED) is 0.865. The van der Waals surface area contributed by atoms with E-state index in [1.54, 1.807) is 0 Å². The molecule has 1 amide bonds. The van der Waals surface area contributed by atoms with Gasteiger partial charge in [0.05, 0.1) is 6.04 Å². The summed E-state index contributed by atoms with van der Waals surface area (Å²) in [6.07, 6.45) is 5.33. The van der Waals surface area contributed by atoms with Crippen LogP contribution >= 0.6 is 24.8 Å². The van der Waals surface area contributed by atoms with Crippen LogP contribution in [-0.4, -0.2) is 42.0 Å². The highest BCUT2D eigenvalue weighted by Crippen LogP contribution is 2.26. The summed E-state index contributed by atoms with van der Waals surface area (Å²) < 4.78 is 0. The molecule has 6 heteroatoms. The van der Waals surface area contributed by atoms with Gasteiger partial charge in [0.15, 0.2) is 0 Å². The molecule has 23 heavy (non-hydrogen) atoms. The zero-order valence-corrected chi connectivity index (χ0v) is 15.0. The third-order valence-electron chi connectivity index (χ3n) is 4.80. The lowest BCUT2D eigenvalue weighted by Crippen LogP contribution is -2.51. The molecule has 0 aliphatic carbocycles. The number of rotatable bonds is 4. The van der Waals surface area contributed by atoms with Crippen molar-refractivity contribution in [2.24, 2.45) is 5.73 Å². The molecule has 0 bridgehead atoms. The van der Waals surface area contributed by atoms with Crippen LogP contribution in [0.3, 0.4) is 0 Å². The van der Waals surface area contributed by atoms with Crippen molar-refractivity contribution in [3.8, 4) is 0 Å². The summed E-state index contributed by atoms with van der Waals surface area (Å²) in [6.45, 7) is 2.35. The number of carbonyl (C=O) groups is 1. The first-order valence-corrected chi connectivity index (χ1v) is 8.06. The van der Waals surface area contributed by atoms with Crippen LogP contribution in [0.5, 0.6) is 0 Å². The van der Waals surface area contributed by atoms with Gasteiger partial charge in [0.25, 0.3) is 0 Å². The van der Waals surface area contributed by atoms with Crippen molar-refractivity contribution in [1.29, 1.82) is 0 Å². The van der Waals surface area contributed by atoms with Crippen LogP contribution in [0.15, 0.2) is 30.3 Å². The van der Waals surface area contributed by atoms with E-state index in [9.17, 15) is 4.79 Å². The Morgan fingerprint density at radius 3 is 2.70 bits per heavy atom. The SMILES string of the molecule is Cl.Cl.N[C@@H](Cc1ccccc1)C(=O)NC1CCN2CCCC2C1. The molecule has 0 aromatic heterocycles. The van der Waals surface area contributed by atoms with Gasteiger partial charge in [-0.05, 0) is 44.2 Å². The Balaban J connectivity index is 0.00000132. The van der Waals surface area contributed by atoms with Crippen molar-refractivity contribution in [1.82, 2.24) is 10.2 Å². The van der Waals surface area contributed by atoms with Crippen molar-refractivity contribution in [2.45, 2.75) is 50.2 Å². The summed E-state index contributed by atoms with van der Waals surface area (Å²) in [5, 5.41) is 3.16. The Kier molecular flexibility index (Phi) is 8.34. The molecule has 0 radical (unpaired) electrons. The van der Waals surface area contributed by atoms with Crippen molar-refractivity contribution in [3.63, 3.8) is 0 Å². The van der Waals surface area contributed by atoms with Gasteiger partial charge in [-0.3, -0.25) is 4.79 Å². The molecular weight excluding hydrogens is 333 g/mol. The third kappa shape index (κ3) is 5.35. The first-order chi connectivity index (χ1) is 10.2. The summed E-state index contributed by atoms with van der Waals surface area (Å²) in [6, 6.07) is 10.5. The van der Waals surface area contributed by atoms with Gasteiger partial charge in [-0.2, -0.15) is 0 Å². The van der Waals surface area contributed by atoms with E-state index in [0.29, 0.717) is 18.5 Å². The van der Waals surface area contributed by atoms with E-state index < -0.39 is 6.04 Å². The number of nitrogens with two attached hydrogens (primary N) is 1. The molecule has 1 aromatic rings. The molecule has 130 valence electrons. The monoisotopic (exact) mass is 359 g/mol. The smallest absolute Gasteiger partial charge is 0.237 e. The molecule has 2 saturated heterocycles. The maximum atomic E-state index is 12.3. The molecule has 2 unspecified atom stereocenters. The fourth-order valence-electron chi connectivity index (χ4n) is 3.62. The topological polar surface area (TPSA) is 58.4 Å². The lowest BCUT2D eigenvalue weighted by atomic mass is 9.97. The van der Waals surface area contributed by atoms with Crippen LogP contribution < -0.4 is 11.1 Å². The molecule has 0 spiro atoms. The number of nitrogens with zero attached hydrogens (tertiary/aromatic N) is 1. The Bertz CT molecular complexity index is 486. The molecule has 1 aromatic carbocycles. The third-order valence-corrected chi connectivity index (χ3v) is 4.80. The fraction of sp³-hybridized carbons (Fsp3) is 0.588. The standard InChI is InChI=1S/C17H25N3O.2ClH/c18-16(11-13-5-2-1-3-6-13)17(21)19-14-8-10-20-9-4-7-15(20)12-14;;/h1-3,5-6,14-16H,4,7-12,18H2,(H,19,21);2*1H/t14?,15?,16-;;/m0../s1. The molecule has 4 nitrogen and oxygen atoms in total. The molecule has 0 saturated carbocycles. The maximum Gasteiger partial charge on any atom is 0.237 e. The number of halogens is 2. The summed E-state index contributed by atoms with van der Waals surface area (Å²) in [5.74, 6) is -0.00435. The Hall–Kier alpha value is -0.810. The van der Waals surface area contributed by atoms with Gasteiger partial charge in [0, 0.05) is 18.6 Å². The second kappa shape index (κ2) is 9.48. The minimum absolute atomic E-state index is 0. The van der Waals surface area contributed by atoms with Gasteiger partial charge in [-0.25, -0.2) is 0 Å². The van der Waals surface area contributed by atoms with Crippen molar-refractivity contribution in [2.75, 3.05) is 13.1 Å².